The van der Waals surface area contributed by atoms with Gasteiger partial charge in [-0.3, -0.25) is 4.79 Å². The molecule has 1 amide bonds. The molecule has 0 aliphatic rings. The van der Waals surface area contributed by atoms with E-state index in [1.54, 1.807) is 19.1 Å². The largest absolute Gasteiger partial charge is 0.383 e. The van der Waals surface area contributed by atoms with E-state index in [0.717, 1.165) is 4.88 Å². The van der Waals surface area contributed by atoms with Crippen molar-refractivity contribution < 1.29 is 9.53 Å². The van der Waals surface area contributed by atoms with E-state index in [1.165, 1.54) is 11.3 Å². The lowest BCUT2D eigenvalue weighted by atomic mass is 10.4. The molecule has 0 aliphatic heterocycles. The lowest BCUT2D eigenvalue weighted by Gasteiger charge is -2.14. The molecule has 4 heteroatoms. The molecule has 1 aromatic heterocycles. The highest BCUT2D eigenvalue weighted by Gasteiger charge is 2.11. The van der Waals surface area contributed by atoms with Gasteiger partial charge in [0.25, 0.3) is 5.91 Å². The van der Waals surface area contributed by atoms with Gasteiger partial charge in [0, 0.05) is 20.7 Å². The smallest absolute Gasteiger partial charge is 0.263 e. The summed E-state index contributed by atoms with van der Waals surface area (Å²) in [5.74, 6) is 0.0621. The Morgan fingerprint density at radius 1 is 1.69 bits per heavy atom. The third-order valence-electron chi connectivity index (χ3n) is 1.71. The topological polar surface area (TPSA) is 29.5 Å². The van der Waals surface area contributed by atoms with Crippen molar-refractivity contribution in [3.63, 3.8) is 0 Å². The quantitative estimate of drug-likeness (QED) is 0.735. The Hall–Kier alpha value is -0.870. The number of hydrogen-bond acceptors (Lipinski definition) is 3. The molecule has 0 aliphatic carbocycles. The summed E-state index contributed by atoms with van der Waals surface area (Å²) in [7, 11) is 3.41. The van der Waals surface area contributed by atoms with Crippen LogP contribution < -0.4 is 0 Å². The Morgan fingerprint density at radius 2 is 2.46 bits per heavy atom. The molecule has 1 heterocycles. The van der Waals surface area contributed by atoms with Gasteiger partial charge in [0.15, 0.2) is 0 Å². The number of thiophene rings is 1. The van der Waals surface area contributed by atoms with Gasteiger partial charge in [-0.1, -0.05) is 6.07 Å². The minimum atomic E-state index is 0.0621. The molecule has 0 unspecified atom stereocenters. The lowest BCUT2D eigenvalue weighted by molar-refractivity contribution is 0.0749. The second-order valence-electron chi connectivity index (χ2n) is 2.70. The predicted octanol–water partition coefficient (Wildman–Crippen LogP) is 1.47. The van der Waals surface area contributed by atoms with Crippen LogP contribution in [0.25, 0.3) is 0 Å². The average molecular weight is 199 g/mol. The molecule has 72 valence electrons. The van der Waals surface area contributed by atoms with E-state index in [9.17, 15) is 4.79 Å². The van der Waals surface area contributed by atoms with Gasteiger partial charge < -0.3 is 9.64 Å². The monoisotopic (exact) mass is 199 g/mol. The molecule has 0 aromatic carbocycles. The van der Waals surface area contributed by atoms with Crippen LogP contribution >= 0.6 is 11.3 Å². The first kappa shape index (κ1) is 10.2. The third kappa shape index (κ3) is 2.82. The van der Waals surface area contributed by atoms with Gasteiger partial charge in [0.1, 0.15) is 0 Å². The van der Waals surface area contributed by atoms with Crippen LogP contribution in [0.4, 0.5) is 0 Å². The van der Waals surface area contributed by atoms with Crippen molar-refractivity contribution >= 4 is 17.2 Å². The van der Waals surface area contributed by atoms with Crippen molar-refractivity contribution in [2.45, 2.75) is 0 Å². The van der Waals surface area contributed by atoms with Crippen LogP contribution in [-0.4, -0.2) is 38.1 Å². The molecule has 3 nitrogen and oxygen atoms in total. The highest BCUT2D eigenvalue weighted by Crippen LogP contribution is 2.10. The highest BCUT2D eigenvalue weighted by atomic mass is 32.1. The zero-order chi connectivity index (χ0) is 9.68. The van der Waals surface area contributed by atoms with Gasteiger partial charge in [-0.15, -0.1) is 11.3 Å². The summed E-state index contributed by atoms with van der Waals surface area (Å²) in [5.41, 5.74) is 0. The fourth-order valence-electron chi connectivity index (χ4n) is 0.918. The van der Waals surface area contributed by atoms with Crippen LogP contribution in [0.5, 0.6) is 0 Å². The van der Waals surface area contributed by atoms with E-state index >= 15 is 0 Å². The van der Waals surface area contributed by atoms with E-state index in [-0.39, 0.29) is 5.91 Å². The van der Waals surface area contributed by atoms with E-state index < -0.39 is 0 Å². The Balaban J connectivity index is 2.48. The van der Waals surface area contributed by atoms with Crippen LogP contribution in [0, 0.1) is 0 Å². The van der Waals surface area contributed by atoms with Gasteiger partial charge in [-0.25, -0.2) is 0 Å². The zero-order valence-electron chi connectivity index (χ0n) is 7.82. The number of carbonyl (C=O) groups excluding carboxylic acids is 1. The van der Waals surface area contributed by atoms with Crippen molar-refractivity contribution in [1.82, 2.24) is 4.90 Å². The van der Waals surface area contributed by atoms with Crippen LogP contribution in [0.2, 0.25) is 0 Å². The zero-order valence-corrected chi connectivity index (χ0v) is 8.63. The van der Waals surface area contributed by atoms with Crippen molar-refractivity contribution in [3.05, 3.63) is 22.4 Å². The summed E-state index contributed by atoms with van der Waals surface area (Å²) in [4.78, 5) is 14.0. The number of amides is 1. The molecule has 13 heavy (non-hydrogen) atoms. The predicted molar refractivity (Wildman–Crippen MR) is 53.2 cm³/mol. The first-order chi connectivity index (χ1) is 6.25. The molecule has 0 N–H and O–H groups in total. The second-order valence-corrected chi connectivity index (χ2v) is 3.64. The fraction of sp³-hybridized carbons (Fsp3) is 0.444. The number of ether oxygens (including phenoxy) is 1. The van der Waals surface area contributed by atoms with Gasteiger partial charge in [-0.05, 0) is 11.4 Å². The van der Waals surface area contributed by atoms with E-state index in [4.69, 9.17) is 4.74 Å². The number of nitrogens with zero attached hydrogens (tertiary/aromatic N) is 1. The highest BCUT2D eigenvalue weighted by molar-refractivity contribution is 7.12. The molecule has 0 spiro atoms. The van der Waals surface area contributed by atoms with E-state index in [0.29, 0.717) is 13.2 Å². The van der Waals surface area contributed by atoms with Crippen molar-refractivity contribution in [2.75, 3.05) is 27.3 Å². The van der Waals surface area contributed by atoms with Crippen LogP contribution in [-0.2, 0) is 4.74 Å². The Kier molecular flexibility index (Phi) is 3.92. The summed E-state index contributed by atoms with van der Waals surface area (Å²) >= 11 is 1.46. The van der Waals surface area contributed by atoms with Gasteiger partial charge in [0.2, 0.25) is 0 Å². The summed E-state index contributed by atoms with van der Waals surface area (Å²) in [6.45, 7) is 1.21. The lowest BCUT2D eigenvalue weighted by Crippen LogP contribution is -2.29. The van der Waals surface area contributed by atoms with Crippen LogP contribution in [0.3, 0.4) is 0 Å². The fourth-order valence-corrected chi connectivity index (χ4v) is 1.64. The number of rotatable bonds is 4. The second kappa shape index (κ2) is 4.99. The summed E-state index contributed by atoms with van der Waals surface area (Å²) in [5, 5.41) is 1.90. The molecule has 1 aromatic rings. The number of carbonyl (C=O) groups is 1. The summed E-state index contributed by atoms with van der Waals surface area (Å²) in [6.07, 6.45) is 0. The normalized spacial score (nSPS) is 10.0. The maximum absolute atomic E-state index is 11.6. The maximum atomic E-state index is 11.6. The van der Waals surface area contributed by atoms with E-state index in [2.05, 4.69) is 0 Å². The molecule has 1 rings (SSSR count). The Morgan fingerprint density at radius 3 is 3.00 bits per heavy atom. The molecule has 0 atom stereocenters. The number of hydrogen-bond donors (Lipinski definition) is 0. The average Bonchev–Trinajstić information content (AvgIpc) is 2.65. The van der Waals surface area contributed by atoms with Crippen LogP contribution in [0.15, 0.2) is 17.5 Å². The first-order valence-corrected chi connectivity index (χ1v) is 4.91. The summed E-state index contributed by atoms with van der Waals surface area (Å²) in [6, 6.07) is 3.71. The molecule has 0 saturated heterocycles. The van der Waals surface area contributed by atoms with Crippen LogP contribution in [0.1, 0.15) is 9.67 Å². The standard InChI is InChI=1S/C9H13NO2S/c1-10(5-6-12-2)9(11)8-4-3-7-13-8/h3-4,7H,5-6H2,1-2H3. The molecule has 0 fully saturated rings. The van der Waals surface area contributed by atoms with Gasteiger partial charge in [0.05, 0.1) is 11.5 Å². The first-order valence-electron chi connectivity index (χ1n) is 4.03. The minimum Gasteiger partial charge on any atom is -0.383 e. The van der Waals surface area contributed by atoms with Gasteiger partial charge in [-0.2, -0.15) is 0 Å². The minimum absolute atomic E-state index is 0.0621. The number of likely N-dealkylation sites (N-methyl/N-ethyl adjacent to an activating group) is 1. The molecule has 0 bridgehead atoms. The molecule has 0 saturated carbocycles. The van der Waals surface area contributed by atoms with Gasteiger partial charge >= 0.3 is 0 Å². The van der Waals surface area contributed by atoms with Crippen molar-refractivity contribution in [3.8, 4) is 0 Å². The van der Waals surface area contributed by atoms with Crippen molar-refractivity contribution in [2.24, 2.45) is 0 Å². The number of methoxy groups -OCH3 is 1. The van der Waals surface area contributed by atoms with E-state index in [1.807, 2.05) is 17.5 Å². The third-order valence-corrected chi connectivity index (χ3v) is 2.57. The molecule has 0 radical (unpaired) electrons. The maximum Gasteiger partial charge on any atom is 0.263 e. The Labute approximate surface area is 81.9 Å². The van der Waals surface area contributed by atoms with Crippen molar-refractivity contribution in [1.29, 1.82) is 0 Å². The molecular weight excluding hydrogens is 186 g/mol. The Bertz CT molecular complexity index is 259. The SMILES string of the molecule is COCCN(C)C(=O)c1cccs1. The molecular formula is C9H13NO2S. The summed E-state index contributed by atoms with van der Waals surface area (Å²) < 4.78 is 4.89.